The molecule has 0 aromatic heterocycles. The first-order chi connectivity index (χ1) is 4.57. The number of allylic oxidation sites excluding steroid dienone is 3. The molecule has 0 amide bonds. The molecule has 0 heterocycles. The van der Waals surface area contributed by atoms with Gasteiger partial charge in [0, 0.05) is 5.70 Å². The molecule has 0 aliphatic rings. The van der Waals surface area contributed by atoms with Crippen LogP contribution in [0.1, 0.15) is 13.8 Å². The molecule has 0 rings (SSSR count). The molecule has 0 atom stereocenters. The summed E-state index contributed by atoms with van der Waals surface area (Å²) in [6.07, 6.45) is 1.71. The minimum Gasteiger partial charge on any atom is -0.370 e. The van der Waals surface area contributed by atoms with Gasteiger partial charge in [0.25, 0.3) is 0 Å². The SMILES string of the molecule is C=C/C(C)=C(/C)N=C(N)N. The quantitative estimate of drug-likeness (QED) is 0.336. The van der Waals surface area contributed by atoms with Crippen molar-refractivity contribution in [1.82, 2.24) is 0 Å². The molecule has 0 bridgehead atoms. The standard InChI is InChI=1S/C7H13N3/c1-4-5(2)6(3)10-7(8)9/h4H,1H2,2-3H3,(H4,8,9,10)/b6-5-. The summed E-state index contributed by atoms with van der Waals surface area (Å²) in [6, 6.07) is 0. The second-order valence-corrected chi connectivity index (χ2v) is 2.01. The van der Waals surface area contributed by atoms with Gasteiger partial charge in [-0.1, -0.05) is 12.7 Å². The Hall–Kier alpha value is -1.25. The maximum atomic E-state index is 5.15. The molecule has 0 fully saturated rings. The third kappa shape index (κ3) is 2.91. The third-order valence-electron chi connectivity index (χ3n) is 1.17. The molecule has 0 saturated heterocycles. The van der Waals surface area contributed by atoms with E-state index in [1.54, 1.807) is 6.08 Å². The number of guanidine groups is 1. The van der Waals surface area contributed by atoms with Gasteiger partial charge in [-0.2, -0.15) is 0 Å². The minimum atomic E-state index is 0.0821. The van der Waals surface area contributed by atoms with E-state index in [4.69, 9.17) is 11.5 Å². The van der Waals surface area contributed by atoms with Gasteiger partial charge in [0.05, 0.1) is 0 Å². The van der Waals surface area contributed by atoms with Crippen molar-refractivity contribution >= 4 is 5.96 Å². The van der Waals surface area contributed by atoms with Crippen LogP contribution in [-0.4, -0.2) is 5.96 Å². The average Bonchev–Trinajstić information content (AvgIpc) is 1.85. The van der Waals surface area contributed by atoms with E-state index in [0.717, 1.165) is 11.3 Å². The van der Waals surface area contributed by atoms with Crippen LogP contribution in [0.25, 0.3) is 0 Å². The van der Waals surface area contributed by atoms with E-state index in [1.165, 1.54) is 0 Å². The zero-order valence-corrected chi connectivity index (χ0v) is 6.39. The summed E-state index contributed by atoms with van der Waals surface area (Å²) in [5, 5.41) is 0. The minimum absolute atomic E-state index is 0.0821. The number of nitrogens with two attached hydrogens (primary N) is 2. The Morgan fingerprint density at radius 1 is 1.40 bits per heavy atom. The third-order valence-corrected chi connectivity index (χ3v) is 1.17. The van der Waals surface area contributed by atoms with Crippen LogP contribution in [-0.2, 0) is 0 Å². The summed E-state index contributed by atoms with van der Waals surface area (Å²) in [5.41, 5.74) is 12.1. The summed E-state index contributed by atoms with van der Waals surface area (Å²) in [5.74, 6) is 0.0821. The Morgan fingerprint density at radius 3 is 2.20 bits per heavy atom. The first-order valence-electron chi connectivity index (χ1n) is 2.97. The molecule has 0 aliphatic carbocycles. The van der Waals surface area contributed by atoms with Crippen LogP contribution in [0.15, 0.2) is 28.9 Å². The van der Waals surface area contributed by atoms with Crippen LogP contribution in [0.5, 0.6) is 0 Å². The van der Waals surface area contributed by atoms with Crippen LogP contribution in [0.4, 0.5) is 0 Å². The van der Waals surface area contributed by atoms with Crippen molar-refractivity contribution in [2.75, 3.05) is 0 Å². The number of nitrogens with zero attached hydrogens (tertiary/aromatic N) is 1. The predicted molar refractivity (Wildman–Crippen MR) is 44.4 cm³/mol. The number of hydrogen-bond acceptors (Lipinski definition) is 1. The Morgan fingerprint density at radius 2 is 1.90 bits per heavy atom. The van der Waals surface area contributed by atoms with Gasteiger partial charge in [0.1, 0.15) is 0 Å². The monoisotopic (exact) mass is 139 g/mol. The van der Waals surface area contributed by atoms with Crippen molar-refractivity contribution in [3.05, 3.63) is 23.9 Å². The Bertz CT molecular complexity index is 185. The lowest BCUT2D eigenvalue weighted by Gasteiger charge is -1.96. The van der Waals surface area contributed by atoms with Crippen LogP contribution in [0.2, 0.25) is 0 Å². The van der Waals surface area contributed by atoms with Gasteiger partial charge in [0.2, 0.25) is 0 Å². The lowest BCUT2D eigenvalue weighted by molar-refractivity contribution is 1.21. The topological polar surface area (TPSA) is 64.4 Å². The van der Waals surface area contributed by atoms with Crippen molar-refractivity contribution in [3.63, 3.8) is 0 Å². The molecule has 0 spiro atoms. The van der Waals surface area contributed by atoms with Crippen LogP contribution in [0, 0.1) is 0 Å². The molecule has 3 heteroatoms. The van der Waals surface area contributed by atoms with Crippen molar-refractivity contribution in [2.24, 2.45) is 16.5 Å². The predicted octanol–water partition coefficient (Wildman–Crippen LogP) is 0.740. The van der Waals surface area contributed by atoms with Crippen molar-refractivity contribution in [3.8, 4) is 0 Å². The van der Waals surface area contributed by atoms with E-state index in [2.05, 4.69) is 11.6 Å². The number of aliphatic imine (C=N–C) groups is 1. The fraction of sp³-hybridized carbons (Fsp3) is 0.286. The Kier molecular flexibility index (Phi) is 3.25. The van der Waals surface area contributed by atoms with Gasteiger partial charge in [-0.05, 0) is 19.4 Å². The summed E-state index contributed by atoms with van der Waals surface area (Å²) in [4.78, 5) is 3.83. The summed E-state index contributed by atoms with van der Waals surface area (Å²) >= 11 is 0. The first-order valence-corrected chi connectivity index (χ1v) is 2.97. The largest absolute Gasteiger partial charge is 0.370 e. The van der Waals surface area contributed by atoms with Crippen LogP contribution < -0.4 is 11.5 Å². The Balaban J connectivity index is 4.48. The zero-order chi connectivity index (χ0) is 8.15. The van der Waals surface area contributed by atoms with Crippen LogP contribution in [0.3, 0.4) is 0 Å². The zero-order valence-electron chi connectivity index (χ0n) is 6.39. The van der Waals surface area contributed by atoms with Crippen LogP contribution >= 0.6 is 0 Å². The van der Waals surface area contributed by atoms with E-state index < -0.39 is 0 Å². The normalized spacial score (nSPS) is 11.8. The Labute approximate surface area is 61.1 Å². The maximum absolute atomic E-state index is 5.15. The highest BCUT2D eigenvalue weighted by molar-refractivity contribution is 5.76. The molecular formula is C7H13N3. The first kappa shape index (κ1) is 8.75. The molecule has 0 unspecified atom stereocenters. The highest BCUT2D eigenvalue weighted by atomic mass is 15.0. The summed E-state index contributed by atoms with van der Waals surface area (Å²) in [6.45, 7) is 7.31. The highest BCUT2D eigenvalue weighted by Gasteiger charge is 1.88. The van der Waals surface area contributed by atoms with Gasteiger partial charge in [-0.25, -0.2) is 4.99 Å². The molecule has 0 radical (unpaired) electrons. The van der Waals surface area contributed by atoms with E-state index in [1.807, 2.05) is 13.8 Å². The smallest absolute Gasteiger partial charge is 0.190 e. The fourth-order valence-electron chi connectivity index (χ4n) is 0.430. The number of rotatable bonds is 2. The van der Waals surface area contributed by atoms with Gasteiger partial charge >= 0.3 is 0 Å². The molecular weight excluding hydrogens is 126 g/mol. The van der Waals surface area contributed by atoms with E-state index in [0.29, 0.717) is 0 Å². The molecule has 0 aromatic rings. The fourth-order valence-corrected chi connectivity index (χ4v) is 0.430. The molecule has 0 aromatic carbocycles. The van der Waals surface area contributed by atoms with Gasteiger partial charge in [-0.3, -0.25) is 0 Å². The molecule has 3 nitrogen and oxygen atoms in total. The second kappa shape index (κ2) is 3.71. The highest BCUT2D eigenvalue weighted by Crippen LogP contribution is 2.03. The van der Waals surface area contributed by atoms with Gasteiger partial charge in [0.15, 0.2) is 5.96 Å². The molecule has 0 aliphatic heterocycles. The maximum Gasteiger partial charge on any atom is 0.190 e. The van der Waals surface area contributed by atoms with Gasteiger partial charge < -0.3 is 11.5 Å². The van der Waals surface area contributed by atoms with Crippen molar-refractivity contribution in [1.29, 1.82) is 0 Å². The van der Waals surface area contributed by atoms with Crippen molar-refractivity contribution < 1.29 is 0 Å². The summed E-state index contributed by atoms with van der Waals surface area (Å²) < 4.78 is 0. The van der Waals surface area contributed by atoms with Crippen molar-refractivity contribution in [2.45, 2.75) is 13.8 Å². The van der Waals surface area contributed by atoms with E-state index >= 15 is 0 Å². The molecule has 0 saturated carbocycles. The van der Waals surface area contributed by atoms with Gasteiger partial charge in [-0.15, -0.1) is 0 Å². The summed E-state index contributed by atoms with van der Waals surface area (Å²) in [7, 11) is 0. The second-order valence-electron chi connectivity index (χ2n) is 2.01. The van der Waals surface area contributed by atoms with E-state index in [9.17, 15) is 0 Å². The average molecular weight is 139 g/mol. The molecule has 10 heavy (non-hydrogen) atoms. The lowest BCUT2D eigenvalue weighted by atomic mass is 10.2. The molecule has 56 valence electrons. The molecule has 4 N–H and O–H groups in total. The lowest BCUT2D eigenvalue weighted by Crippen LogP contribution is -2.22. The van der Waals surface area contributed by atoms with E-state index in [-0.39, 0.29) is 5.96 Å². The number of hydrogen-bond donors (Lipinski definition) is 2.